The van der Waals surface area contributed by atoms with Gasteiger partial charge >= 0.3 is 0 Å². The van der Waals surface area contributed by atoms with Gasteiger partial charge in [-0.05, 0) is 12.3 Å². The molecule has 0 aliphatic carbocycles. The van der Waals surface area contributed by atoms with E-state index in [1.165, 1.54) is 0 Å². The van der Waals surface area contributed by atoms with Crippen LogP contribution in [0, 0.1) is 5.92 Å². The molecule has 7 nitrogen and oxygen atoms in total. The summed E-state index contributed by atoms with van der Waals surface area (Å²) in [4.78, 5) is 33.0. The molecule has 0 radical (unpaired) electrons. The number of nitrogens with one attached hydrogen (secondary N) is 1. The Bertz CT molecular complexity index is 317. The van der Waals surface area contributed by atoms with Crippen molar-refractivity contribution in [3.05, 3.63) is 0 Å². The third-order valence-corrected chi connectivity index (χ3v) is 2.41. The van der Waals surface area contributed by atoms with E-state index in [0.29, 0.717) is 6.42 Å². The average Bonchev–Trinajstić information content (AvgIpc) is 2.21. The normalized spacial score (nSPS) is 14.0. The van der Waals surface area contributed by atoms with Crippen LogP contribution in [0.1, 0.15) is 33.1 Å². The van der Waals surface area contributed by atoms with Crippen LogP contribution < -0.4 is 21.9 Å². The van der Waals surface area contributed by atoms with E-state index in [2.05, 4.69) is 11.1 Å². The summed E-state index contributed by atoms with van der Waals surface area (Å²) in [6, 6.07) is -1.73. The highest BCUT2D eigenvalue weighted by atomic mass is 16.4. The van der Waals surface area contributed by atoms with Crippen LogP contribution in [0.15, 0.2) is 0 Å². The van der Waals surface area contributed by atoms with Crippen molar-refractivity contribution in [3.8, 4) is 0 Å². The highest BCUT2D eigenvalue weighted by Crippen LogP contribution is 2.03. The zero-order chi connectivity index (χ0) is 14.3. The first kappa shape index (κ1) is 16.4. The minimum Gasteiger partial charge on any atom is -0.548 e. The van der Waals surface area contributed by atoms with Gasteiger partial charge in [-0.3, -0.25) is 9.59 Å². The lowest BCUT2D eigenvalue weighted by molar-refractivity contribution is -0.406. The van der Waals surface area contributed by atoms with Crippen molar-refractivity contribution in [2.45, 2.75) is 45.2 Å². The fraction of sp³-hybridized carbons (Fsp3) is 0.727. The summed E-state index contributed by atoms with van der Waals surface area (Å²) in [6.07, 6.45) is 0.365. The molecule has 0 aromatic heterocycles. The maximum Gasteiger partial charge on any atom is 0.278 e. The summed E-state index contributed by atoms with van der Waals surface area (Å²) in [5.74, 6) is -2.22. The summed E-state index contributed by atoms with van der Waals surface area (Å²) >= 11 is 0. The monoisotopic (exact) mass is 259 g/mol. The number of carboxylic acid groups (broad SMARTS) is 1. The fourth-order valence-electron chi connectivity index (χ4n) is 1.50. The molecular weight excluding hydrogens is 238 g/mol. The first-order chi connectivity index (χ1) is 8.23. The molecular formula is C11H21N3O4. The molecule has 2 amide bonds. The number of hydrogen-bond acceptors (Lipinski definition) is 4. The Morgan fingerprint density at radius 1 is 1.33 bits per heavy atom. The lowest BCUT2D eigenvalue weighted by atomic mass is 10.0. The quantitative estimate of drug-likeness (QED) is 0.431. The molecule has 0 fully saturated rings. The summed E-state index contributed by atoms with van der Waals surface area (Å²) < 4.78 is 0. The van der Waals surface area contributed by atoms with Gasteiger partial charge < -0.3 is 26.7 Å². The van der Waals surface area contributed by atoms with E-state index in [1.54, 1.807) is 0 Å². The van der Waals surface area contributed by atoms with Crippen molar-refractivity contribution in [2.24, 2.45) is 11.7 Å². The van der Waals surface area contributed by atoms with Gasteiger partial charge in [-0.2, -0.15) is 0 Å². The van der Waals surface area contributed by atoms with E-state index in [0.717, 1.165) is 0 Å². The summed E-state index contributed by atoms with van der Waals surface area (Å²) in [5.41, 5.74) is 8.59. The van der Waals surface area contributed by atoms with Gasteiger partial charge in [-0.25, -0.2) is 0 Å². The van der Waals surface area contributed by atoms with E-state index in [9.17, 15) is 19.5 Å². The largest absolute Gasteiger partial charge is 0.548 e. The number of carboxylic acids is 1. The maximum absolute atomic E-state index is 11.7. The van der Waals surface area contributed by atoms with Gasteiger partial charge in [0, 0.05) is 12.8 Å². The Balaban J connectivity index is 4.35. The number of carbonyl (C=O) groups is 3. The van der Waals surface area contributed by atoms with Crippen molar-refractivity contribution in [1.82, 2.24) is 5.32 Å². The van der Waals surface area contributed by atoms with Crippen LogP contribution in [0.25, 0.3) is 0 Å². The Morgan fingerprint density at radius 3 is 2.28 bits per heavy atom. The molecule has 0 rings (SSSR count). The van der Waals surface area contributed by atoms with Crippen molar-refractivity contribution in [1.29, 1.82) is 0 Å². The van der Waals surface area contributed by atoms with Crippen LogP contribution in [-0.4, -0.2) is 29.9 Å². The Kier molecular flexibility index (Phi) is 6.96. The molecule has 6 N–H and O–H groups in total. The lowest BCUT2D eigenvalue weighted by Crippen LogP contribution is -2.69. The number of nitrogens with two attached hydrogens (primary N) is 1. The highest BCUT2D eigenvalue weighted by molar-refractivity contribution is 5.85. The predicted octanol–water partition coefficient (Wildman–Crippen LogP) is -2.86. The third-order valence-electron chi connectivity index (χ3n) is 2.41. The molecule has 0 bridgehead atoms. The van der Waals surface area contributed by atoms with Gasteiger partial charge in [0.15, 0.2) is 6.04 Å². The van der Waals surface area contributed by atoms with Crippen LogP contribution in [0.2, 0.25) is 0 Å². The molecule has 18 heavy (non-hydrogen) atoms. The molecule has 0 aliphatic heterocycles. The maximum atomic E-state index is 11.7. The number of amides is 2. The van der Waals surface area contributed by atoms with Gasteiger partial charge in [0.1, 0.15) is 0 Å². The van der Waals surface area contributed by atoms with Gasteiger partial charge in [-0.1, -0.05) is 13.8 Å². The van der Waals surface area contributed by atoms with Gasteiger partial charge in [-0.15, -0.1) is 0 Å². The Labute approximate surface area is 106 Å². The smallest absolute Gasteiger partial charge is 0.278 e. The van der Waals surface area contributed by atoms with Gasteiger partial charge in [0.05, 0.1) is 12.0 Å². The molecule has 2 atom stereocenters. The van der Waals surface area contributed by atoms with Gasteiger partial charge in [0.2, 0.25) is 5.91 Å². The van der Waals surface area contributed by atoms with E-state index in [1.807, 2.05) is 13.8 Å². The number of carbonyl (C=O) groups excluding carboxylic acids is 3. The molecule has 0 aliphatic rings. The minimum absolute atomic E-state index is 0.0716. The molecule has 0 aromatic carbocycles. The van der Waals surface area contributed by atoms with Crippen molar-refractivity contribution in [2.75, 3.05) is 0 Å². The molecule has 0 heterocycles. The topological polar surface area (TPSA) is 140 Å². The van der Waals surface area contributed by atoms with Crippen LogP contribution in [-0.2, 0) is 14.4 Å². The van der Waals surface area contributed by atoms with E-state index in [-0.39, 0.29) is 18.8 Å². The molecule has 0 saturated carbocycles. The van der Waals surface area contributed by atoms with E-state index < -0.39 is 29.9 Å². The van der Waals surface area contributed by atoms with E-state index >= 15 is 0 Å². The van der Waals surface area contributed by atoms with Crippen LogP contribution >= 0.6 is 0 Å². The minimum atomic E-state index is -1.43. The average molecular weight is 259 g/mol. The number of aliphatic carboxylic acids is 1. The first-order valence-electron chi connectivity index (χ1n) is 5.86. The molecule has 0 unspecified atom stereocenters. The number of hydrogen-bond donors (Lipinski definition) is 3. The molecule has 104 valence electrons. The Morgan fingerprint density at radius 2 is 1.89 bits per heavy atom. The Hall–Kier alpha value is -1.63. The standard InChI is InChI=1S/C11H21N3O4/c1-6(2)5-7(12)10(16)14-8(11(17)18)3-4-9(13)15/h6-8H,3-5,12H2,1-2H3,(H2,13,15)(H,14,16)(H,17,18)/t7-,8-/m0/s1. The first-order valence-corrected chi connectivity index (χ1v) is 5.86. The van der Waals surface area contributed by atoms with Crippen LogP contribution in [0.5, 0.6) is 0 Å². The van der Waals surface area contributed by atoms with Gasteiger partial charge in [0.25, 0.3) is 5.91 Å². The second kappa shape index (κ2) is 7.65. The SMILES string of the molecule is CC(C)C[C@H]([NH3+])C(=O)N[C@@H](CCC(N)=O)C(=O)[O-]. The predicted molar refractivity (Wildman–Crippen MR) is 61.5 cm³/mol. The lowest BCUT2D eigenvalue weighted by Gasteiger charge is -2.20. The van der Waals surface area contributed by atoms with Crippen molar-refractivity contribution < 1.29 is 25.2 Å². The van der Waals surface area contributed by atoms with Crippen molar-refractivity contribution in [3.63, 3.8) is 0 Å². The molecule has 7 heteroatoms. The second-order valence-corrected chi connectivity index (χ2v) is 4.71. The number of quaternary nitrogens is 1. The molecule has 0 spiro atoms. The van der Waals surface area contributed by atoms with Crippen LogP contribution in [0.4, 0.5) is 0 Å². The summed E-state index contributed by atoms with van der Waals surface area (Å²) in [7, 11) is 0. The summed E-state index contributed by atoms with van der Waals surface area (Å²) in [6.45, 7) is 3.88. The number of primary amides is 1. The fourth-order valence-corrected chi connectivity index (χ4v) is 1.50. The summed E-state index contributed by atoms with van der Waals surface area (Å²) in [5, 5.41) is 13.1. The highest BCUT2D eigenvalue weighted by Gasteiger charge is 2.22. The third kappa shape index (κ3) is 6.85. The zero-order valence-electron chi connectivity index (χ0n) is 10.8. The zero-order valence-corrected chi connectivity index (χ0v) is 10.8. The molecule has 0 aromatic rings. The molecule has 0 saturated heterocycles. The number of rotatable bonds is 8. The van der Waals surface area contributed by atoms with Crippen molar-refractivity contribution >= 4 is 17.8 Å². The van der Waals surface area contributed by atoms with Crippen LogP contribution in [0.3, 0.4) is 0 Å². The van der Waals surface area contributed by atoms with E-state index in [4.69, 9.17) is 5.73 Å². The second-order valence-electron chi connectivity index (χ2n) is 4.71.